The van der Waals surface area contributed by atoms with E-state index in [1.54, 1.807) is 0 Å². The van der Waals surface area contributed by atoms with Gasteiger partial charge in [0.1, 0.15) is 0 Å². The van der Waals surface area contributed by atoms with Crippen molar-refractivity contribution in [3.8, 4) is 0 Å². The molecule has 4 aliphatic carbocycles. The van der Waals surface area contributed by atoms with Crippen LogP contribution in [0.15, 0.2) is 12.2 Å². The molecular formula is C27H46O2. The van der Waals surface area contributed by atoms with E-state index in [9.17, 15) is 10.2 Å². The zero-order chi connectivity index (χ0) is 21.0. The lowest BCUT2D eigenvalue weighted by molar-refractivity contribution is -0.174. The third-order valence-electron chi connectivity index (χ3n) is 10.7. The van der Waals surface area contributed by atoms with Gasteiger partial charge < -0.3 is 10.2 Å². The van der Waals surface area contributed by atoms with E-state index in [4.69, 9.17) is 0 Å². The third kappa shape index (κ3) is 3.65. The molecule has 0 spiro atoms. The fourth-order valence-corrected chi connectivity index (χ4v) is 9.10. The van der Waals surface area contributed by atoms with Gasteiger partial charge in [0.15, 0.2) is 0 Å². The lowest BCUT2D eigenvalue weighted by Crippen LogP contribution is -2.58. The molecular weight excluding hydrogens is 356 g/mol. The Bertz CT molecular complexity index is 614. The van der Waals surface area contributed by atoms with Crippen molar-refractivity contribution >= 4 is 0 Å². The van der Waals surface area contributed by atoms with Crippen LogP contribution in [0.2, 0.25) is 0 Å². The number of aliphatic hydroxyl groups is 2. The Hall–Kier alpha value is -0.340. The lowest BCUT2D eigenvalue weighted by atomic mass is 9.43. The van der Waals surface area contributed by atoms with Crippen LogP contribution < -0.4 is 0 Å². The van der Waals surface area contributed by atoms with Gasteiger partial charge in [-0.25, -0.2) is 0 Å². The number of rotatable bonds is 5. The van der Waals surface area contributed by atoms with Crippen LogP contribution in [0.5, 0.6) is 0 Å². The highest BCUT2D eigenvalue weighted by Gasteiger charge is 2.62. The van der Waals surface area contributed by atoms with E-state index in [2.05, 4.69) is 34.3 Å². The number of fused-ring (bicyclic) bond motifs is 5. The summed E-state index contributed by atoms with van der Waals surface area (Å²) >= 11 is 0. The molecule has 0 bridgehead atoms. The first-order chi connectivity index (χ1) is 13.7. The van der Waals surface area contributed by atoms with Gasteiger partial charge in [-0.3, -0.25) is 0 Å². The Morgan fingerprint density at radius 3 is 2.41 bits per heavy atom. The third-order valence-corrected chi connectivity index (χ3v) is 10.7. The summed E-state index contributed by atoms with van der Waals surface area (Å²) in [5.74, 6) is 4.00. The number of hydrogen-bond donors (Lipinski definition) is 2. The highest BCUT2D eigenvalue weighted by Crippen LogP contribution is 2.68. The Kier molecular flexibility index (Phi) is 6.01. The van der Waals surface area contributed by atoms with Gasteiger partial charge in [-0.1, -0.05) is 32.8 Å². The minimum absolute atomic E-state index is 0.137. The Morgan fingerprint density at radius 1 is 1.00 bits per heavy atom. The second kappa shape index (κ2) is 7.97. The summed E-state index contributed by atoms with van der Waals surface area (Å²) in [5, 5.41) is 21.6. The van der Waals surface area contributed by atoms with Crippen molar-refractivity contribution in [3.63, 3.8) is 0 Å². The maximum atomic E-state index is 11.3. The van der Waals surface area contributed by atoms with Crippen molar-refractivity contribution in [2.75, 3.05) is 0 Å². The number of hydrogen-bond acceptors (Lipinski definition) is 2. The normalized spacial score (nSPS) is 50.3. The van der Waals surface area contributed by atoms with Crippen LogP contribution in [0.4, 0.5) is 0 Å². The van der Waals surface area contributed by atoms with Gasteiger partial charge in [0, 0.05) is 0 Å². The molecule has 0 heterocycles. The largest absolute Gasteiger partial charge is 0.393 e. The minimum atomic E-state index is -0.148. The molecule has 0 unspecified atom stereocenters. The van der Waals surface area contributed by atoms with Crippen LogP contribution in [0, 0.1) is 46.3 Å². The minimum Gasteiger partial charge on any atom is -0.393 e. The van der Waals surface area contributed by atoms with Crippen molar-refractivity contribution in [1.29, 1.82) is 0 Å². The summed E-state index contributed by atoms with van der Waals surface area (Å²) in [6.45, 7) is 13.8. The van der Waals surface area contributed by atoms with E-state index < -0.39 is 0 Å². The highest BCUT2D eigenvalue weighted by molar-refractivity contribution is 5.11. The second-order valence-corrected chi connectivity index (χ2v) is 12.3. The quantitative estimate of drug-likeness (QED) is 0.525. The molecule has 0 aromatic carbocycles. The molecule has 10 atom stereocenters. The molecule has 4 rings (SSSR count). The molecule has 2 heteroatoms. The Labute approximate surface area is 179 Å². The number of allylic oxidation sites excluding steroid dienone is 1. The van der Waals surface area contributed by atoms with Gasteiger partial charge in [-0.15, -0.1) is 6.58 Å². The first kappa shape index (κ1) is 21.9. The van der Waals surface area contributed by atoms with Gasteiger partial charge in [0.2, 0.25) is 0 Å². The average Bonchev–Trinajstić information content (AvgIpc) is 3.00. The van der Waals surface area contributed by atoms with Crippen molar-refractivity contribution in [3.05, 3.63) is 12.2 Å². The molecule has 4 saturated carbocycles. The van der Waals surface area contributed by atoms with Gasteiger partial charge in [-0.2, -0.15) is 0 Å². The van der Waals surface area contributed by atoms with Crippen molar-refractivity contribution in [1.82, 2.24) is 0 Å². The molecule has 0 aromatic rings. The van der Waals surface area contributed by atoms with Gasteiger partial charge >= 0.3 is 0 Å². The molecule has 2 N–H and O–H groups in total. The first-order valence-corrected chi connectivity index (χ1v) is 12.7. The van der Waals surface area contributed by atoms with Crippen molar-refractivity contribution < 1.29 is 10.2 Å². The maximum absolute atomic E-state index is 11.3. The van der Waals surface area contributed by atoms with Crippen LogP contribution in [-0.4, -0.2) is 22.4 Å². The van der Waals surface area contributed by atoms with E-state index >= 15 is 0 Å². The van der Waals surface area contributed by atoms with Gasteiger partial charge in [0.25, 0.3) is 0 Å². The molecule has 29 heavy (non-hydrogen) atoms. The summed E-state index contributed by atoms with van der Waals surface area (Å²) in [5.41, 5.74) is 2.08. The summed E-state index contributed by atoms with van der Waals surface area (Å²) in [6, 6.07) is 0. The lowest BCUT2D eigenvalue weighted by Gasteiger charge is -2.62. The summed E-state index contributed by atoms with van der Waals surface area (Å²) in [7, 11) is 0. The zero-order valence-corrected chi connectivity index (χ0v) is 19.5. The van der Waals surface area contributed by atoms with Crippen LogP contribution in [0.3, 0.4) is 0 Å². The monoisotopic (exact) mass is 402 g/mol. The smallest absolute Gasteiger partial charge is 0.0577 e. The molecule has 0 aromatic heterocycles. The topological polar surface area (TPSA) is 40.5 Å². The predicted molar refractivity (Wildman–Crippen MR) is 120 cm³/mol. The first-order valence-electron chi connectivity index (χ1n) is 12.7. The SMILES string of the molecule is C=C(C)CCC[C@@H](C)[C@H]1CC[C@H]2[C@@H]3[C@@H](O)C[C@H]4C[C@@H](O)CC[C@]4(C)[C@H]3CC[C@]12C. The maximum Gasteiger partial charge on any atom is 0.0577 e. The molecule has 0 saturated heterocycles. The molecule has 4 fully saturated rings. The summed E-state index contributed by atoms with van der Waals surface area (Å²) < 4.78 is 0. The van der Waals surface area contributed by atoms with E-state index in [1.807, 2.05) is 0 Å². The highest BCUT2D eigenvalue weighted by atomic mass is 16.3. The van der Waals surface area contributed by atoms with E-state index in [-0.39, 0.29) is 12.2 Å². The van der Waals surface area contributed by atoms with Gasteiger partial charge in [0.05, 0.1) is 12.2 Å². The summed E-state index contributed by atoms with van der Waals surface area (Å²) in [6.07, 6.45) is 12.8. The van der Waals surface area contributed by atoms with Crippen molar-refractivity contribution in [2.45, 2.75) is 111 Å². The molecule has 0 aliphatic heterocycles. The second-order valence-electron chi connectivity index (χ2n) is 12.3. The van der Waals surface area contributed by atoms with Crippen LogP contribution in [0.25, 0.3) is 0 Å². The Balaban J connectivity index is 1.51. The van der Waals surface area contributed by atoms with E-state index in [0.717, 1.165) is 37.5 Å². The Morgan fingerprint density at radius 2 is 1.69 bits per heavy atom. The molecule has 4 aliphatic rings. The average molecular weight is 403 g/mol. The van der Waals surface area contributed by atoms with E-state index in [0.29, 0.717) is 34.5 Å². The molecule has 2 nitrogen and oxygen atoms in total. The summed E-state index contributed by atoms with van der Waals surface area (Å²) in [4.78, 5) is 0. The number of aliphatic hydroxyl groups excluding tert-OH is 2. The van der Waals surface area contributed by atoms with E-state index in [1.165, 1.54) is 50.5 Å². The van der Waals surface area contributed by atoms with Crippen molar-refractivity contribution in [2.24, 2.45) is 46.3 Å². The molecule has 0 amide bonds. The van der Waals surface area contributed by atoms with Gasteiger partial charge in [-0.05, 0) is 117 Å². The predicted octanol–water partition coefficient (Wildman–Crippen LogP) is 6.36. The standard InChI is InChI=1S/C27H46O2/c1-17(2)7-6-8-18(3)21-9-10-22-25-23(12-14-27(21,22)5)26(4)13-11-20(28)15-19(26)16-24(25)29/h18-25,28-29H,1,6-16H2,2-5H3/t18-,19-,20+,21-,22+,23+,24+,25+,26+,27-/m1/s1. The van der Waals surface area contributed by atoms with Crippen LogP contribution >= 0.6 is 0 Å². The zero-order valence-electron chi connectivity index (χ0n) is 19.5. The van der Waals surface area contributed by atoms with Crippen LogP contribution in [0.1, 0.15) is 98.3 Å². The molecule has 166 valence electrons. The fourth-order valence-electron chi connectivity index (χ4n) is 9.10. The fraction of sp³-hybridized carbons (Fsp3) is 0.926. The van der Waals surface area contributed by atoms with Crippen LogP contribution in [-0.2, 0) is 0 Å². The molecule has 0 radical (unpaired) electrons.